The van der Waals surface area contributed by atoms with Gasteiger partial charge in [-0.05, 0) is 0 Å². The molecule has 4 rings (SSSR count). The molecule has 0 heterocycles. The van der Waals surface area contributed by atoms with Crippen LogP contribution in [0.2, 0.25) is 10.0 Å². The first-order chi connectivity index (χ1) is 14.3. The van der Waals surface area contributed by atoms with Crippen LogP contribution in [0, 0.1) is 0 Å². The van der Waals surface area contributed by atoms with Crippen LogP contribution in [0.25, 0.3) is 32.2 Å². The van der Waals surface area contributed by atoms with Gasteiger partial charge in [0, 0.05) is 10.0 Å². The largest absolute Gasteiger partial charge is 0.668 e. The number of halogens is 2. The van der Waals surface area contributed by atoms with E-state index in [-0.39, 0.29) is 0 Å². The molecular weight excluding hydrogens is 490 g/mol. The Kier molecular flexibility index (Phi) is 16.9. The van der Waals surface area contributed by atoms with Crippen molar-refractivity contribution in [3.8, 4) is 0 Å². The molecule has 4 aromatic rings. The second-order valence-electron chi connectivity index (χ2n) is 6.49. The van der Waals surface area contributed by atoms with E-state index in [4.69, 9.17) is 23.2 Å². The van der Waals surface area contributed by atoms with Crippen molar-refractivity contribution in [3.63, 3.8) is 0 Å². The van der Waals surface area contributed by atoms with Gasteiger partial charge < -0.3 is 10.6 Å². The van der Waals surface area contributed by atoms with Crippen molar-refractivity contribution in [2.45, 2.75) is 13.8 Å². The summed E-state index contributed by atoms with van der Waals surface area (Å²) in [5, 5.41) is 13.5. The molecule has 2 nitrogen and oxygen atoms in total. The SMILES string of the molecule is C[C](C)=[Zr+2].C[N-]C.C[N-]C.Clc1ccc2[cH-]ccc2c1.Clc1ccc2[cH-]ccc2c1. The Bertz CT molecular complexity index is 895. The Labute approximate surface area is 206 Å². The maximum Gasteiger partial charge on any atom is 0.0221 e. The van der Waals surface area contributed by atoms with E-state index in [2.05, 4.69) is 48.7 Å². The molecule has 0 aliphatic rings. The molecule has 0 aromatic heterocycles. The van der Waals surface area contributed by atoms with Crippen LogP contribution in [0.4, 0.5) is 0 Å². The molecule has 0 aliphatic heterocycles. The average molecular weight is 521 g/mol. The zero-order chi connectivity index (χ0) is 22.9. The van der Waals surface area contributed by atoms with Crippen molar-refractivity contribution in [3.05, 3.63) is 93.5 Å². The minimum absolute atomic E-state index is 0.804. The van der Waals surface area contributed by atoms with Crippen molar-refractivity contribution >= 4 is 48.0 Å². The fraction of sp³-hybridized carbons (Fsp3) is 0.240. The first-order valence-corrected chi connectivity index (χ1v) is 11.4. The van der Waals surface area contributed by atoms with Gasteiger partial charge in [0.1, 0.15) is 0 Å². The first-order valence-electron chi connectivity index (χ1n) is 9.38. The van der Waals surface area contributed by atoms with Crippen LogP contribution in [0.5, 0.6) is 0 Å². The van der Waals surface area contributed by atoms with Gasteiger partial charge in [-0.2, -0.15) is 63.2 Å². The van der Waals surface area contributed by atoms with E-state index < -0.39 is 0 Å². The summed E-state index contributed by atoms with van der Waals surface area (Å²) >= 11 is 13.1. The molecule has 0 unspecified atom stereocenters. The third-order valence-corrected chi connectivity index (χ3v) is 3.67. The Morgan fingerprint density at radius 1 is 0.700 bits per heavy atom. The summed E-state index contributed by atoms with van der Waals surface area (Å²) in [6.45, 7) is 4.25. The van der Waals surface area contributed by atoms with E-state index in [0.29, 0.717) is 0 Å². The predicted octanol–water partition coefficient (Wildman–Crippen LogP) is 8.41. The van der Waals surface area contributed by atoms with Gasteiger partial charge in [-0.1, -0.05) is 47.5 Å². The molecule has 0 bridgehead atoms. The second-order valence-corrected chi connectivity index (χ2v) is 9.82. The fourth-order valence-corrected chi connectivity index (χ4v) is 2.56. The van der Waals surface area contributed by atoms with Gasteiger partial charge in [-0.15, -0.1) is 35.0 Å². The Morgan fingerprint density at radius 3 is 1.30 bits per heavy atom. The van der Waals surface area contributed by atoms with E-state index in [1.807, 2.05) is 48.5 Å². The predicted molar refractivity (Wildman–Crippen MR) is 136 cm³/mol. The molecule has 0 amide bonds. The molecule has 0 fully saturated rings. The molecular formula is C25H30Cl2N2Zr-2. The van der Waals surface area contributed by atoms with E-state index >= 15 is 0 Å². The van der Waals surface area contributed by atoms with Crippen LogP contribution in [0.15, 0.2) is 72.8 Å². The van der Waals surface area contributed by atoms with Crippen LogP contribution < -0.4 is 0 Å². The van der Waals surface area contributed by atoms with Crippen molar-refractivity contribution < 1.29 is 24.2 Å². The van der Waals surface area contributed by atoms with E-state index in [1.165, 1.54) is 24.8 Å². The molecule has 0 aliphatic carbocycles. The van der Waals surface area contributed by atoms with Gasteiger partial charge in [-0.3, -0.25) is 0 Å². The Morgan fingerprint density at radius 2 is 1.00 bits per heavy atom. The summed E-state index contributed by atoms with van der Waals surface area (Å²) in [4.78, 5) is 0. The van der Waals surface area contributed by atoms with Gasteiger partial charge in [0.15, 0.2) is 0 Å². The second kappa shape index (κ2) is 17.6. The van der Waals surface area contributed by atoms with Crippen LogP contribution in [-0.2, 0) is 24.2 Å². The zero-order valence-corrected chi connectivity index (χ0v) is 22.5. The van der Waals surface area contributed by atoms with Gasteiger partial charge >= 0.3 is 41.3 Å². The molecule has 0 radical (unpaired) electrons. The summed E-state index contributed by atoms with van der Waals surface area (Å²) < 4.78 is 1.51. The number of nitrogens with zero attached hydrogens (tertiary/aromatic N) is 2. The summed E-state index contributed by atoms with van der Waals surface area (Å²) in [7, 11) is 7.00. The maximum absolute atomic E-state index is 5.78. The molecule has 0 spiro atoms. The number of hydrogen-bond acceptors (Lipinski definition) is 0. The average Bonchev–Trinajstić information content (AvgIpc) is 3.31. The quantitative estimate of drug-likeness (QED) is 0.208. The molecule has 4 aromatic carbocycles. The number of rotatable bonds is 0. The number of hydrogen-bond donors (Lipinski definition) is 0. The molecule has 0 saturated heterocycles. The van der Waals surface area contributed by atoms with Crippen LogP contribution >= 0.6 is 23.2 Å². The van der Waals surface area contributed by atoms with Crippen LogP contribution in [0.3, 0.4) is 0 Å². The smallest absolute Gasteiger partial charge is 0.0221 e. The molecule has 5 heteroatoms. The molecule has 0 atom stereocenters. The van der Waals surface area contributed by atoms with E-state index in [1.54, 1.807) is 52.4 Å². The fourth-order valence-electron chi connectivity index (χ4n) is 2.19. The minimum atomic E-state index is 0.804. The molecule has 0 N–H and O–H groups in total. The standard InChI is InChI=1S/2C9H6Cl.C3H6.2C2H6N.Zr/c2*10-9-5-4-7-2-1-3-8(7)6-9;3*1-3-2;/h2*1-6H;3*1-2H3;/q2*-1;;2*-1;+2. The van der Waals surface area contributed by atoms with Gasteiger partial charge in [0.2, 0.25) is 0 Å². The topological polar surface area (TPSA) is 28.2 Å². The third kappa shape index (κ3) is 13.3. The van der Waals surface area contributed by atoms with E-state index in [0.717, 1.165) is 10.0 Å². The van der Waals surface area contributed by atoms with Crippen molar-refractivity contribution in [1.82, 2.24) is 0 Å². The van der Waals surface area contributed by atoms with Crippen molar-refractivity contribution in [1.29, 1.82) is 0 Å². The summed E-state index contributed by atoms with van der Waals surface area (Å²) in [6.07, 6.45) is 0. The number of fused-ring (bicyclic) bond motifs is 2. The van der Waals surface area contributed by atoms with Gasteiger partial charge in [0.25, 0.3) is 0 Å². The molecule has 0 saturated carbocycles. The van der Waals surface area contributed by atoms with Crippen LogP contribution in [-0.4, -0.2) is 31.4 Å². The van der Waals surface area contributed by atoms with Crippen molar-refractivity contribution in [2.24, 2.45) is 0 Å². The monoisotopic (exact) mass is 518 g/mol. The van der Waals surface area contributed by atoms with E-state index in [9.17, 15) is 0 Å². The van der Waals surface area contributed by atoms with Gasteiger partial charge in [0.05, 0.1) is 0 Å². The van der Waals surface area contributed by atoms with Crippen LogP contribution in [0.1, 0.15) is 13.8 Å². The third-order valence-electron chi connectivity index (χ3n) is 3.20. The normalized spacial score (nSPS) is 9.13. The summed E-state index contributed by atoms with van der Waals surface area (Å²) in [6, 6.07) is 24.1. The zero-order valence-electron chi connectivity index (χ0n) is 18.6. The minimum Gasteiger partial charge on any atom is -0.668 e. The number of benzene rings is 2. The first kappa shape index (κ1) is 28.9. The summed E-state index contributed by atoms with van der Waals surface area (Å²) in [5.74, 6) is 0. The van der Waals surface area contributed by atoms with Crippen molar-refractivity contribution in [2.75, 3.05) is 28.2 Å². The Hall–Kier alpha value is -1.09. The summed E-state index contributed by atoms with van der Waals surface area (Å²) in [5.41, 5.74) is 0. The molecule has 30 heavy (non-hydrogen) atoms. The Balaban J connectivity index is 0.000000395. The molecule has 160 valence electrons. The van der Waals surface area contributed by atoms with Gasteiger partial charge in [-0.25, -0.2) is 0 Å². The maximum atomic E-state index is 5.78.